The summed E-state index contributed by atoms with van der Waals surface area (Å²) in [5.41, 5.74) is 13.6. The molecule has 2 unspecified atom stereocenters. The van der Waals surface area contributed by atoms with E-state index in [1.54, 1.807) is 31.4 Å². The number of rotatable bonds is 8. The number of nitrogens with zero attached hydrogens (tertiary/aromatic N) is 4. The van der Waals surface area contributed by atoms with Crippen molar-refractivity contribution in [3.8, 4) is 23.0 Å². The number of fused-ring (bicyclic) bond motifs is 6. The van der Waals surface area contributed by atoms with Gasteiger partial charge in [-0.05, 0) is 47.2 Å². The van der Waals surface area contributed by atoms with E-state index in [1.165, 1.54) is 23.8 Å². The molecule has 8 rings (SSSR count). The van der Waals surface area contributed by atoms with Crippen LogP contribution in [0.3, 0.4) is 0 Å². The predicted octanol–water partition coefficient (Wildman–Crippen LogP) is 4.91. The van der Waals surface area contributed by atoms with Crippen molar-refractivity contribution in [2.45, 2.75) is 50.3 Å². The zero-order valence-electron chi connectivity index (χ0n) is 28.0. The maximum Gasteiger partial charge on any atom is 0.257 e. The Kier molecular flexibility index (Phi) is 8.47. The van der Waals surface area contributed by atoms with Crippen molar-refractivity contribution in [1.82, 2.24) is 9.80 Å². The largest absolute Gasteiger partial charge is 0.493 e. The summed E-state index contributed by atoms with van der Waals surface area (Å²) >= 11 is 0. The number of hydrogen-bond donors (Lipinski definition) is 2. The summed E-state index contributed by atoms with van der Waals surface area (Å²) in [6, 6.07) is 22.8. The molecule has 0 fully saturated rings. The average molecular weight is 674 g/mol. The minimum atomic E-state index is -0.863. The third-order valence-electron chi connectivity index (χ3n) is 9.97. The van der Waals surface area contributed by atoms with Crippen LogP contribution in [0.15, 0.2) is 82.8 Å². The first-order valence-electron chi connectivity index (χ1n) is 16.8. The van der Waals surface area contributed by atoms with Crippen LogP contribution in [-0.2, 0) is 25.9 Å². The number of benzene rings is 4. The van der Waals surface area contributed by atoms with Gasteiger partial charge in [-0.2, -0.15) is 0 Å². The molecule has 4 atom stereocenters. The molecule has 3 N–H and O–H groups in total. The molecule has 0 saturated heterocycles. The highest BCUT2D eigenvalue weighted by Gasteiger charge is 2.35. The highest BCUT2D eigenvalue weighted by molar-refractivity contribution is 6.03. The van der Waals surface area contributed by atoms with Crippen LogP contribution in [0.25, 0.3) is 0 Å². The van der Waals surface area contributed by atoms with Gasteiger partial charge in [-0.25, -0.2) is 0 Å². The Morgan fingerprint density at radius 3 is 2.00 bits per heavy atom. The zero-order chi connectivity index (χ0) is 34.4. The summed E-state index contributed by atoms with van der Waals surface area (Å²) in [7, 11) is 3.10. The van der Waals surface area contributed by atoms with Gasteiger partial charge in [0.15, 0.2) is 23.0 Å². The zero-order valence-corrected chi connectivity index (χ0v) is 28.0. The fraction of sp³-hybridized carbons (Fsp3) is 0.308. The fourth-order valence-electron chi connectivity index (χ4n) is 7.24. The van der Waals surface area contributed by atoms with Gasteiger partial charge in [0.2, 0.25) is 0 Å². The number of aliphatic hydroxyl groups excluding tert-OH is 1. The number of nitrogens with two attached hydrogens (primary N) is 1. The third-order valence-corrected chi connectivity index (χ3v) is 9.97. The minimum Gasteiger partial charge on any atom is -0.493 e. The molecule has 0 saturated carbocycles. The number of methoxy groups -OCH3 is 2. The van der Waals surface area contributed by atoms with Gasteiger partial charge in [0.1, 0.15) is 19.4 Å². The number of amides is 1. The molecule has 4 aromatic carbocycles. The van der Waals surface area contributed by atoms with Gasteiger partial charge in [0, 0.05) is 43.2 Å². The molecule has 0 radical (unpaired) electrons. The van der Waals surface area contributed by atoms with Crippen LogP contribution in [0.1, 0.15) is 44.4 Å². The maximum absolute atomic E-state index is 13.7. The van der Waals surface area contributed by atoms with Gasteiger partial charge in [-0.1, -0.05) is 48.5 Å². The Hall–Kier alpha value is -5.23. The monoisotopic (exact) mass is 673 g/mol. The fourth-order valence-corrected chi connectivity index (χ4v) is 7.24. The Morgan fingerprint density at radius 2 is 1.32 bits per heavy atom. The van der Waals surface area contributed by atoms with Crippen LogP contribution < -0.4 is 24.7 Å². The minimum absolute atomic E-state index is 0.0409. The second-order valence-corrected chi connectivity index (χ2v) is 13.1. The van der Waals surface area contributed by atoms with Crippen LogP contribution in [0.2, 0.25) is 0 Å². The Bertz CT molecular complexity index is 2010. The van der Waals surface area contributed by atoms with Crippen molar-refractivity contribution in [3.63, 3.8) is 0 Å². The standard InChI is InChI=1S/C39H39N5O6/c1-47-34-13-30-32(41-17-28-11-23-7-3-5-9-25(23)19-43(28)38(30)45)15-36(34)49-21-27(40)22-50-37-16-33-31(14-35(37)48-2)39(46)44-20-26-10-6-4-8-24(26)12-29(44)18-42-33/h3-10,13-18,27-29,38,45H,11-12,19-22,40H2,1-2H3/t27?,28-,29-,38?/m0/s1. The number of aliphatic imine (C=N–C) groups is 2. The number of carbonyl (C=O) groups is 1. The molecule has 50 heavy (non-hydrogen) atoms. The van der Waals surface area contributed by atoms with E-state index in [0.29, 0.717) is 65.0 Å². The van der Waals surface area contributed by atoms with Crippen LogP contribution >= 0.6 is 0 Å². The molecule has 4 aliphatic heterocycles. The van der Waals surface area contributed by atoms with Crippen LogP contribution in [0, 0.1) is 0 Å². The lowest BCUT2D eigenvalue weighted by Gasteiger charge is -2.37. The Morgan fingerprint density at radius 1 is 0.760 bits per heavy atom. The summed E-state index contributed by atoms with van der Waals surface area (Å²) in [5, 5.41) is 11.5. The van der Waals surface area contributed by atoms with Crippen molar-refractivity contribution in [1.29, 1.82) is 0 Å². The van der Waals surface area contributed by atoms with E-state index in [0.717, 1.165) is 12.0 Å². The van der Waals surface area contributed by atoms with Crippen molar-refractivity contribution >= 4 is 29.7 Å². The van der Waals surface area contributed by atoms with Crippen LogP contribution in [0.5, 0.6) is 23.0 Å². The van der Waals surface area contributed by atoms with E-state index in [1.807, 2.05) is 46.5 Å². The third kappa shape index (κ3) is 5.87. The highest BCUT2D eigenvalue weighted by atomic mass is 16.5. The van der Waals surface area contributed by atoms with Crippen LogP contribution in [0.4, 0.5) is 11.4 Å². The Balaban J connectivity index is 0.952. The van der Waals surface area contributed by atoms with E-state index in [-0.39, 0.29) is 31.2 Å². The van der Waals surface area contributed by atoms with E-state index < -0.39 is 12.3 Å². The van der Waals surface area contributed by atoms with E-state index in [4.69, 9.17) is 34.7 Å². The quantitative estimate of drug-likeness (QED) is 0.270. The first-order valence-corrected chi connectivity index (χ1v) is 16.8. The second kappa shape index (κ2) is 13.2. The Labute approximate surface area is 290 Å². The first kappa shape index (κ1) is 32.0. The van der Waals surface area contributed by atoms with Gasteiger partial charge >= 0.3 is 0 Å². The molecule has 1 amide bonds. The van der Waals surface area contributed by atoms with Crippen molar-refractivity contribution in [2.75, 3.05) is 27.4 Å². The first-order chi connectivity index (χ1) is 24.4. The topological polar surface area (TPSA) is 131 Å². The molecule has 0 spiro atoms. The van der Waals surface area contributed by atoms with Crippen LogP contribution in [-0.4, -0.2) is 78.8 Å². The van der Waals surface area contributed by atoms with Crippen molar-refractivity contribution < 1.29 is 28.8 Å². The summed E-state index contributed by atoms with van der Waals surface area (Å²) in [4.78, 5) is 27.1. The molecule has 0 aliphatic carbocycles. The van der Waals surface area contributed by atoms with E-state index in [9.17, 15) is 9.90 Å². The summed E-state index contributed by atoms with van der Waals surface area (Å²) < 4.78 is 23.6. The highest BCUT2D eigenvalue weighted by Crippen LogP contribution is 2.43. The number of carbonyl (C=O) groups excluding carboxylic acids is 1. The lowest BCUT2D eigenvalue weighted by molar-refractivity contribution is -0.0197. The molecule has 11 heteroatoms. The van der Waals surface area contributed by atoms with Crippen molar-refractivity contribution in [2.24, 2.45) is 15.7 Å². The smallest absolute Gasteiger partial charge is 0.257 e. The lowest BCUT2D eigenvalue weighted by Crippen LogP contribution is -2.44. The summed E-state index contributed by atoms with van der Waals surface area (Å²) in [6.07, 6.45) is 4.36. The molecule has 256 valence electrons. The maximum atomic E-state index is 13.7. The molecule has 4 heterocycles. The lowest BCUT2D eigenvalue weighted by atomic mass is 9.94. The molecule has 0 aromatic heterocycles. The van der Waals surface area contributed by atoms with E-state index in [2.05, 4.69) is 24.3 Å². The summed E-state index contributed by atoms with van der Waals surface area (Å²) in [6.45, 7) is 1.37. The van der Waals surface area contributed by atoms with Gasteiger partial charge in [0.05, 0.1) is 49.3 Å². The molecule has 4 aliphatic rings. The molecule has 11 nitrogen and oxygen atoms in total. The molecular formula is C39H39N5O6. The van der Waals surface area contributed by atoms with Gasteiger partial charge in [-0.3, -0.25) is 19.7 Å². The van der Waals surface area contributed by atoms with Gasteiger partial charge < -0.3 is 34.7 Å². The number of aliphatic hydroxyl groups is 1. The van der Waals surface area contributed by atoms with E-state index >= 15 is 0 Å². The average Bonchev–Trinajstić information content (AvgIpc) is 3.36. The molecule has 0 bridgehead atoms. The van der Waals surface area contributed by atoms with Gasteiger partial charge in [-0.15, -0.1) is 0 Å². The SMILES string of the molecule is COc1cc2c(cc1OCC(N)COc1cc3c(cc1OC)C(O)N1Cc4ccccc4C[C@H]1C=N3)N=C[C@@H]1Cc3ccccc3CN1C2=O. The summed E-state index contributed by atoms with van der Waals surface area (Å²) in [5.74, 6) is 1.68. The second-order valence-electron chi connectivity index (χ2n) is 13.1. The molecular weight excluding hydrogens is 634 g/mol. The van der Waals surface area contributed by atoms with Gasteiger partial charge in [0.25, 0.3) is 5.91 Å². The number of ether oxygens (including phenoxy) is 4. The number of hydrogen-bond acceptors (Lipinski definition) is 10. The molecule has 4 aromatic rings. The predicted molar refractivity (Wildman–Crippen MR) is 190 cm³/mol. The van der Waals surface area contributed by atoms with Crippen molar-refractivity contribution in [3.05, 3.63) is 106 Å². The normalized spacial score (nSPS) is 20.9.